The SMILES string of the molecule is CCc1nc(CCN=C(N)N2CCC(C)CC2)sc1C. The van der Waals surface area contributed by atoms with Crippen LogP contribution in [-0.2, 0) is 12.8 Å². The van der Waals surface area contributed by atoms with Crippen molar-refractivity contribution in [3.63, 3.8) is 0 Å². The van der Waals surface area contributed by atoms with E-state index in [0.717, 1.165) is 38.4 Å². The van der Waals surface area contributed by atoms with Crippen molar-refractivity contribution in [1.82, 2.24) is 9.88 Å². The first kappa shape index (κ1) is 15.3. The minimum atomic E-state index is 0.709. The van der Waals surface area contributed by atoms with E-state index in [9.17, 15) is 0 Å². The zero-order chi connectivity index (χ0) is 14.5. The number of nitrogens with zero attached hydrogens (tertiary/aromatic N) is 3. The monoisotopic (exact) mass is 294 g/mol. The van der Waals surface area contributed by atoms with Crippen molar-refractivity contribution in [2.24, 2.45) is 16.6 Å². The predicted molar refractivity (Wildman–Crippen MR) is 86.4 cm³/mol. The maximum absolute atomic E-state index is 6.08. The average Bonchev–Trinajstić information content (AvgIpc) is 2.79. The molecule has 2 N–H and O–H groups in total. The van der Waals surface area contributed by atoms with Crippen LogP contribution in [0, 0.1) is 12.8 Å². The number of rotatable bonds is 4. The van der Waals surface area contributed by atoms with Crippen molar-refractivity contribution in [2.45, 2.75) is 46.5 Å². The number of aliphatic imine (C=N–C) groups is 1. The van der Waals surface area contributed by atoms with Crippen LogP contribution in [0.1, 0.15) is 42.3 Å². The maximum atomic E-state index is 6.08. The Labute approximate surface area is 126 Å². The summed E-state index contributed by atoms with van der Waals surface area (Å²) < 4.78 is 0. The molecule has 5 heteroatoms. The fourth-order valence-electron chi connectivity index (χ4n) is 2.53. The molecule has 112 valence electrons. The third kappa shape index (κ3) is 3.95. The molecule has 0 aromatic carbocycles. The van der Waals surface area contributed by atoms with Crippen molar-refractivity contribution in [1.29, 1.82) is 0 Å². The molecular formula is C15H26N4S. The third-order valence-corrected chi connectivity index (χ3v) is 5.05. The highest BCUT2D eigenvalue weighted by Crippen LogP contribution is 2.18. The van der Waals surface area contributed by atoms with Gasteiger partial charge >= 0.3 is 0 Å². The molecule has 0 unspecified atom stereocenters. The lowest BCUT2D eigenvalue weighted by Crippen LogP contribution is -2.42. The smallest absolute Gasteiger partial charge is 0.191 e. The number of guanidine groups is 1. The molecule has 20 heavy (non-hydrogen) atoms. The molecule has 4 nitrogen and oxygen atoms in total. The molecule has 0 spiro atoms. The second-order valence-corrected chi connectivity index (χ2v) is 6.91. The average molecular weight is 294 g/mol. The van der Waals surface area contributed by atoms with Gasteiger partial charge in [0.25, 0.3) is 0 Å². The number of aromatic nitrogens is 1. The molecule has 1 aromatic rings. The van der Waals surface area contributed by atoms with Crippen LogP contribution in [0.5, 0.6) is 0 Å². The summed E-state index contributed by atoms with van der Waals surface area (Å²) in [5, 5.41) is 1.18. The molecule has 1 aromatic heterocycles. The quantitative estimate of drug-likeness (QED) is 0.686. The van der Waals surface area contributed by atoms with Gasteiger partial charge in [0.05, 0.1) is 10.7 Å². The third-order valence-electron chi connectivity index (χ3n) is 3.98. The normalized spacial score (nSPS) is 17.8. The summed E-state index contributed by atoms with van der Waals surface area (Å²) in [6, 6.07) is 0. The highest BCUT2D eigenvalue weighted by molar-refractivity contribution is 7.11. The lowest BCUT2D eigenvalue weighted by atomic mass is 10.00. The molecule has 0 radical (unpaired) electrons. The number of hydrogen-bond donors (Lipinski definition) is 1. The molecule has 2 heterocycles. The van der Waals surface area contributed by atoms with Gasteiger partial charge in [-0.05, 0) is 32.1 Å². The van der Waals surface area contributed by atoms with Crippen LogP contribution in [0.3, 0.4) is 0 Å². The second kappa shape index (κ2) is 7.07. The highest BCUT2D eigenvalue weighted by Gasteiger charge is 2.16. The summed E-state index contributed by atoms with van der Waals surface area (Å²) in [4.78, 5) is 12.7. The van der Waals surface area contributed by atoms with Gasteiger partial charge in [0.15, 0.2) is 5.96 Å². The van der Waals surface area contributed by atoms with Gasteiger partial charge in [0, 0.05) is 30.9 Å². The largest absolute Gasteiger partial charge is 0.370 e. The molecule has 1 aliphatic heterocycles. The Morgan fingerprint density at radius 2 is 2.15 bits per heavy atom. The van der Waals surface area contributed by atoms with Crippen molar-refractivity contribution in [3.05, 3.63) is 15.6 Å². The van der Waals surface area contributed by atoms with Gasteiger partial charge in [0.2, 0.25) is 0 Å². The van der Waals surface area contributed by atoms with E-state index in [2.05, 4.69) is 35.6 Å². The van der Waals surface area contributed by atoms with E-state index < -0.39 is 0 Å². The Kier molecular flexibility index (Phi) is 5.40. The lowest BCUT2D eigenvalue weighted by molar-refractivity contribution is 0.277. The Bertz CT molecular complexity index is 458. The van der Waals surface area contributed by atoms with Crippen LogP contribution in [0.4, 0.5) is 0 Å². The Morgan fingerprint density at radius 1 is 1.45 bits per heavy atom. The predicted octanol–water partition coefficient (Wildman–Crippen LogP) is 2.60. The zero-order valence-electron chi connectivity index (χ0n) is 12.9. The summed E-state index contributed by atoms with van der Waals surface area (Å²) >= 11 is 1.79. The van der Waals surface area contributed by atoms with E-state index in [4.69, 9.17) is 5.73 Å². The summed E-state index contributed by atoms with van der Waals surface area (Å²) in [5.74, 6) is 1.53. The molecular weight excluding hydrogens is 268 g/mol. The van der Waals surface area contributed by atoms with Gasteiger partial charge in [-0.25, -0.2) is 4.98 Å². The summed E-state index contributed by atoms with van der Waals surface area (Å²) in [6.45, 7) is 9.44. The molecule has 0 saturated carbocycles. The number of aryl methyl sites for hydroxylation is 2. The van der Waals surface area contributed by atoms with Crippen LogP contribution in [-0.4, -0.2) is 35.5 Å². The Hall–Kier alpha value is -1.10. The molecule has 0 aliphatic carbocycles. The van der Waals surface area contributed by atoms with Crippen molar-refractivity contribution >= 4 is 17.3 Å². The Morgan fingerprint density at radius 3 is 2.75 bits per heavy atom. The van der Waals surface area contributed by atoms with Crippen LogP contribution >= 0.6 is 11.3 Å². The highest BCUT2D eigenvalue weighted by atomic mass is 32.1. The minimum absolute atomic E-state index is 0.709. The topological polar surface area (TPSA) is 54.5 Å². The van der Waals surface area contributed by atoms with E-state index in [0.29, 0.717) is 5.96 Å². The number of thiazole rings is 1. The Balaban J connectivity index is 1.82. The maximum Gasteiger partial charge on any atom is 0.191 e. The van der Waals surface area contributed by atoms with E-state index in [1.54, 1.807) is 11.3 Å². The van der Waals surface area contributed by atoms with Crippen LogP contribution in [0.25, 0.3) is 0 Å². The zero-order valence-corrected chi connectivity index (χ0v) is 13.7. The van der Waals surface area contributed by atoms with E-state index in [1.807, 2.05) is 0 Å². The van der Waals surface area contributed by atoms with E-state index in [1.165, 1.54) is 28.4 Å². The molecule has 2 rings (SSSR count). The summed E-state index contributed by atoms with van der Waals surface area (Å²) in [6.07, 6.45) is 4.36. The van der Waals surface area contributed by atoms with Crippen LogP contribution in [0.2, 0.25) is 0 Å². The molecule has 1 aliphatic rings. The number of piperidine rings is 1. The first-order chi connectivity index (χ1) is 9.60. The first-order valence-electron chi connectivity index (χ1n) is 7.60. The van der Waals surface area contributed by atoms with Crippen LogP contribution in [0.15, 0.2) is 4.99 Å². The van der Waals surface area contributed by atoms with Crippen molar-refractivity contribution in [2.75, 3.05) is 19.6 Å². The van der Waals surface area contributed by atoms with Crippen molar-refractivity contribution in [3.8, 4) is 0 Å². The van der Waals surface area contributed by atoms with Gasteiger partial charge in [-0.15, -0.1) is 11.3 Å². The van der Waals surface area contributed by atoms with Gasteiger partial charge in [0.1, 0.15) is 0 Å². The fraction of sp³-hybridized carbons (Fsp3) is 0.733. The van der Waals surface area contributed by atoms with E-state index >= 15 is 0 Å². The molecule has 1 fully saturated rings. The summed E-state index contributed by atoms with van der Waals surface area (Å²) in [7, 11) is 0. The van der Waals surface area contributed by atoms with Gasteiger partial charge in [-0.1, -0.05) is 13.8 Å². The van der Waals surface area contributed by atoms with Crippen LogP contribution < -0.4 is 5.73 Å². The van der Waals surface area contributed by atoms with Gasteiger partial charge in [-0.3, -0.25) is 4.99 Å². The lowest BCUT2D eigenvalue weighted by Gasteiger charge is -2.31. The first-order valence-corrected chi connectivity index (χ1v) is 8.41. The molecule has 0 atom stereocenters. The molecule has 1 saturated heterocycles. The standard InChI is InChI=1S/C15H26N4S/c1-4-13-12(3)20-14(18-13)5-8-17-15(16)19-9-6-11(2)7-10-19/h11H,4-10H2,1-3H3,(H2,16,17). The summed E-state index contributed by atoms with van der Waals surface area (Å²) in [5.41, 5.74) is 7.31. The molecule has 0 bridgehead atoms. The number of hydrogen-bond acceptors (Lipinski definition) is 3. The molecule has 0 amide bonds. The fourth-order valence-corrected chi connectivity index (χ4v) is 3.54. The van der Waals surface area contributed by atoms with Gasteiger partial charge < -0.3 is 10.6 Å². The second-order valence-electron chi connectivity index (χ2n) is 5.62. The van der Waals surface area contributed by atoms with E-state index in [-0.39, 0.29) is 0 Å². The van der Waals surface area contributed by atoms with Gasteiger partial charge in [-0.2, -0.15) is 0 Å². The van der Waals surface area contributed by atoms with Crippen molar-refractivity contribution < 1.29 is 0 Å². The minimum Gasteiger partial charge on any atom is -0.370 e. The number of likely N-dealkylation sites (tertiary alicyclic amines) is 1. The number of nitrogens with two attached hydrogens (primary N) is 1.